The maximum atomic E-state index is 13.9. The van der Waals surface area contributed by atoms with Gasteiger partial charge in [-0.3, -0.25) is 9.36 Å². The van der Waals surface area contributed by atoms with Crippen LogP contribution in [0.15, 0.2) is 72.0 Å². The van der Waals surface area contributed by atoms with Crippen molar-refractivity contribution in [1.29, 1.82) is 0 Å². The van der Waals surface area contributed by atoms with Crippen LogP contribution in [-0.4, -0.2) is 20.4 Å². The second kappa shape index (κ2) is 8.45. The molecule has 0 spiro atoms. The van der Waals surface area contributed by atoms with Gasteiger partial charge in [0.05, 0.1) is 5.69 Å². The number of nitrogens with zero attached hydrogens (tertiary/aromatic N) is 3. The number of carbonyl (C=O) groups excluding carboxylic acids is 1. The normalized spacial score (nSPS) is 11.0. The molecule has 0 aliphatic heterocycles. The third kappa shape index (κ3) is 4.46. The van der Waals surface area contributed by atoms with Gasteiger partial charge in [-0.15, -0.1) is 0 Å². The monoisotopic (exact) mass is 406 g/mol. The molecule has 0 aliphatic carbocycles. The Morgan fingerprint density at radius 2 is 2.00 bits per heavy atom. The van der Waals surface area contributed by atoms with Gasteiger partial charge in [-0.2, -0.15) is 0 Å². The topological polar surface area (TPSA) is 59.8 Å². The van der Waals surface area contributed by atoms with Crippen LogP contribution >= 0.6 is 11.8 Å². The van der Waals surface area contributed by atoms with Gasteiger partial charge >= 0.3 is 0 Å². The zero-order valence-corrected chi connectivity index (χ0v) is 16.6. The number of amides is 1. The van der Waals surface area contributed by atoms with Crippen LogP contribution in [0.1, 0.15) is 11.1 Å². The second-order valence-corrected chi connectivity index (χ2v) is 7.57. The molecule has 2 aromatic heterocycles. The van der Waals surface area contributed by atoms with Crippen molar-refractivity contribution < 1.29 is 9.18 Å². The smallest absolute Gasteiger partial charge is 0.244 e. The maximum absolute atomic E-state index is 13.9. The fourth-order valence-corrected chi connectivity index (χ4v) is 3.98. The summed E-state index contributed by atoms with van der Waals surface area (Å²) < 4.78 is 15.6. The molecule has 7 heteroatoms. The van der Waals surface area contributed by atoms with Crippen LogP contribution in [-0.2, 0) is 17.1 Å². The lowest BCUT2D eigenvalue weighted by Gasteiger charge is -2.10. The first kappa shape index (κ1) is 19.1. The van der Waals surface area contributed by atoms with Crippen molar-refractivity contribution in [2.24, 2.45) is 0 Å². The van der Waals surface area contributed by atoms with Crippen molar-refractivity contribution >= 4 is 34.5 Å². The minimum absolute atomic E-state index is 0.00199. The Balaban J connectivity index is 1.58. The summed E-state index contributed by atoms with van der Waals surface area (Å²) >= 11 is 1.54. The number of thioether (sulfide) groups is 1. The highest BCUT2D eigenvalue weighted by Crippen LogP contribution is 2.26. The van der Waals surface area contributed by atoms with Crippen molar-refractivity contribution in [3.05, 3.63) is 83.8 Å². The summed E-state index contributed by atoms with van der Waals surface area (Å²) in [6.07, 6.45) is 1.67. The Kier molecular flexibility index (Phi) is 5.57. The van der Waals surface area contributed by atoms with Gasteiger partial charge in [-0.25, -0.2) is 14.4 Å². The van der Waals surface area contributed by atoms with Crippen molar-refractivity contribution in [2.75, 3.05) is 5.32 Å². The summed E-state index contributed by atoms with van der Waals surface area (Å²) in [5, 5.41) is 3.32. The molecular formula is C22H19FN4OS. The van der Waals surface area contributed by atoms with Gasteiger partial charge in [0.2, 0.25) is 5.91 Å². The number of para-hydroxylation sites is 1. The molecule has 0 aliphatic rings. The molecule has 0 saturated carbocycles. The molecule has 146 valence electrons. The lowest BCUT2D eigenvalue weighted by Crippen LogP contribution is -2.20. The first-order valence-electron chi connectivity index (χ1n) is 9.14. The van der Waals surface area contributed by atoms with Crippen LogP contribution in [0.25, 0.3) is 11.2 Å². The highest BCUT2D eigenvalue weighted by atomic mass is 32.2. The number of rotatable bonds is 6. The molecule has 4 aromatic rings. The predicted molar refractivity (Wildman–Crippen MR) is 113 cm³/mol. The molecule has 2 heterocycles. The summed E-state index contributed by atoms with van der Waals surface area (Å²) in [6.45, 7) is 2.05. The van der Waals surface area contributed by atoms with E-state index < -0.39 is 5.82 Å². The van der Waals surface area contributed by atoms with E-state index in [0.717, 1.165) is 11.3 Å². The number of pyridine rings is 1. The summed E-state index contributed by atoms with van der Waals surface area (Å²) in [5.41, 5.74) is 3.88. The van der Waals surface area contributed by atoms with Crippen LogP contribution in [0.3, 0.4) is 0 Å². The molecule has 4 rings (SSSR count). The van der Waals surface area contributed by atoms with Crippen LogP contribution < -0.4 is 5.32 Å². The molecule has 0 fully saturated rings. The molecule has 0 unspecified atom stereocenters. The van der Waals surface area contributed by atoms with E-state index in [2.05, 4.69) is 40.4 Å². The number of fused-ring (bicyclic) bond motifs is 1. The number of halogens is 1. The van der Waals surface area contributed by atoms with Gasteiger partial charge in [-0.05, 0) is 36.8 Å². The lowest BCUT2D eigenvalue weighted by atomic mass is 10.2. The van der Waals surface area contributed by atoms with Gasteiger partial charge in [0.15, 0.2) is 10.8 Å². The highest BCUT2D eigenvalue weighted by molar-refractivity contribution is 7.98. The van der Waals surface area contributed by atoms with Crippen LogP contribution in [0, 0.1) is 12.7 Å². The Labute approximate surface area is 172 Å². The molecule has 5 nitrogen and oxygen atoms in total. The molecular weight excluding hydrogens is 387 g/mol. The van der Waals surface area contributed by atoms with Crippen LogP contribution in [0.5, 0.6) is 0 Å². The van der Waals surface area contributed by atoms with Crippen molar-refractivity contribution in [2.45, 2.75) is 24.4 Å². The molecule has 0 radical (unpaired) electrons. The van der Waals surface area contributed by atoms with Gasteiger partial charge in [0.1, 0.15) is 17.9 Å². The average Bonchev–Trinajstić information content (AvgIpc) is 3.06. The number of aryl methyl sites for hydroxylation is 1. The van der Waals surface area contributed by atoms with Crippen molar-refractivity contribution in [3.8, 4) is 0 Å². The number of hydrogen-bond acceptors (Lipinski definition) is 4. The molecule has 1 amide bonds. The summed E-state index contributed by atoms with van der Waals surface area (Å²) in [6, 6.07) is 18.1. The van der Waals surface area contributed by atoms with Crippen LogP contribution in [0.2, 0.25) is 0 Å². The third-order valence-electron chi connectivity index (χ3n) is 4.37. The van der Waals surface area contributed by atoms with Crippen molar-refractivity contribution in [3.63, 3.8) is 0 Å². The predicted octanol–water partition coefficient (Wildman–Crippen LogP) is 4.81. The fourth-order valence-electron chi connectivity index (χ4n) is 3.04. The molecule has 2 aromatic carbocycles. The lowest BCUT2D eigenvalue weighted by molar-refractivity contribution is -0.116. The van der Waals surface area contributed by atoms with Gasteiger partial charge in [0.25, 0.3) is 0 Å². The minimum atomic E-state index is -0.469. The Hall–Kier alpha value is -3.19. The first-order valence-corrected chi connectivity index (χ1v) is 10.1. The number of aromatic nitrogens is 3. The Bertz CT molecular complexity index is 1170. The van der Waals surface area contributed by atoms with E-state index in [-0.39, 0.29) is 18.1 Å². The molecule has 0 bridgehead atoms. The highest BCUT2D eigenvalue weighted by Gasteiger charge is 2.16. The van der Waals surface area contributed by atoms with E-state index in [1.165, 1.54) is 23.3 Å². The van der Waals surface area contributed by atoms with Gasteiger partial charge in [-0.1, -0.05) is 53.7 Å². The second-order valence-electron chi connectivity index (χ2n) is 6.63. The van der Waals surface area contributed by atoms with E-state index in [1.807, 2.05) is 18.2 Å². The zero-order chi connectivity index (χ0) is 20.2. The fraction of sp³-hybridized carbons (Fsp3) is 0.136. The first-order chi connectivity index (χ1) is 14.1. The molecule has 0 atom stereocenters. The van der Waals surface area contributed by atoms with E-state index >= 15 is 0 Å². The van der Waals surface area contributed by atoms with Gasteiger partial charge in [0, 0.05) is 11.9 Å². The van der Waals surface area contributed by atoms with Crippen molar-refractivity contribution in [1.82, 2.24) is 14.5 Å². The van der Waals surface area contributed by atoms with E-state index in [0.29, 0.717) is 10.8 Å². The average molecular weight is 406 g/mol. The summed E-state index contributed by atoms with van der Waals surface area (Å²) in [7, 11) is 0. The quantitative estimate of drug-likeness (QED) is 0.467. The van der Waals surface area contributed by atoms with Crippen LogP contribution in [0.4, 0.5) is 10.1 Å². The van der Waals surface area contributed by atoms with E-state index in [1.54, 1.807) is 34.7 Å². The standard InChI is InChI=1S/C22H19FN4OS/c1-15-6-4-7-16(12-15)14-29-22-26-19-10-5-11-24-21(19)27(22)13-20(28)25-18-9-3-2-8-17(18)23/h2-12H,13-14H2,1H3,(H,25,28). The number of carbonyl (C=O) groups is 1. The summed E-state index contributed by atoms with van der Waals surface area (Å²) in [5.74, 6) is -0.0825. The Morgan fingerprint density at radius 3 is 2.83 bits per heavy atom. The zero-order valence-electron chi connectivity index (χ0n) is 15.8. The van der Waals surface area contributed by atoms with E-state index in [9.17, 15) is 9.18 Å². The number of imidazole rings is 1. The van der Waals surface area contributed by atoms with E-state index in [4.69, 9.17) is 0 Å². The SMILES string of the molecule is Cc1cccc(CSc2nc3cccnc3n2CC(=O)Nc2ccccc2F)c1. The number of nitrogens with one attached hydrogen (secondary N) is 1. The number of benzene rings is 2. The number of hydrogen-bond donors (Lipinski definition) is 1. The largest absolute Gasteiger partial charge is 0.322 e. The summed E-state index contributed by atoms with van der Waals surface area (Å²) in [4.78, 5) is 21.6. The Morgan fingerprint density at radius 1 is 1.14 bits per heavy atom. The molecule has 1 N–H and O–H groups in total. The molecule has 29 heavy (non-hydrogen) atoms. The molecule has 0 saturated heterocycles. The minimum Gasteiger partial charge on any atom is -0.322 e. The maximum Gasteiger partial charge on any atom is 0.244 e. The van der Waals surface area contributed by atoms with Gasteiger partial charge < -0.3 is 5.32 Å². The third-order valence-corrected chi connectivity index (χ3v) is 5.42. The number of anilines is 1.